The first-order valence-electron chi connectivity index (χ1n) is 5.41. The zero-order valence-electron chi connectivity index (χ0n) is 9.34. The highest BCUT2D eigenvalue weighted by Crippen LogP contribution is 2.08. The van der Waals surface area contributed by atoms with Gasteiger partial charge >= 0.3 is 0 Å². The second-order valence-electron chi connectivity index (χ2n) is 3.95. The molecule has 4 nitrogen and oxygen atoms in total. The predicted octanol–water partition coefficient (Wildman–Crippen LogP) is -0.195. The van der Waals surface area contributed by atoms with Gasteiger partial charge in [-0.1, -0.05) is 0 Å². The lowest BCUT2D eigenvalue weighted by molar-refractivity contribution is -0.127. The second-order valence-corrected chi connectivity index (χ2v) is 3.95. The fraction of sp³-hybridized carbons (Fsp3) is 0.900. The molecule has 1 aliphatic rings. The first-order valence-corrected chi connectivity index (χ1v) is 5.41. The molecule has 1 heterocycles. The topological polar surface area (TPSA) is 44.4 Å². The molecule has 0 aromatic heterocycles. The van der Waals surface area contributed by atoms with Gasteiger partial charge in [0.25, 0.3) is 0 Å². The van der Waals surface area contributed by atoms with Gasteiger partial charge in [0.1, 0.15) is 6.04 Å². The van der Waals surface area contributed by atoms with Crippen LogP contribution >= 0.6 is 0 Å². The van der Waals surface area contributed by atoms with Crippen molar-refractivity contribution in [2.45, 2.75) is 32.9 Å². The highest BCUT2D eigenvalue weighted by atomic mass is 16.2. The number of nitrogens with one attached hydrogen (secondary N) is 2. The van der Waals surface area contributed by atoms with Crippen LogP contribution in [0.5, 0.6) is 0 Å². The molecule has 0 bridgehead atoms. The normalized spacial score (nSPS) is 23.9. The first-order chi connectivity index (χ1) is 6.66. The van der Waals surface area contributed by atoms with E-state index in [0.29, 0.717) is 12.6 Å². The second kappa shape index (κ2) is 5.32. The molecule has 1 aliphatic heterocycles. The summed E-state index contributed by atoms with van der Waals surface area (Å²) in [6, 6.07) is 0.438. The lowest BCUT2D eigenvalue weighted by Gasteiger charge is -2.37. The van der Waals surface area contributed by atoms with Crippen molar-refractivity contribution in [3.05, 3.63) is 0 Å². The number of rotatable bonds is 3. The molecule has 0 aliphatic carbocycles. The lowest BCUT2D eigenvalue weighted by Crippen LogP contribution is -2.59. The number of carbonyl (C=O) groups excluding carboxylic acids is 1. The van der Waals surface area contributed by atoms with Crippen LogP contribution in [-0.2, 0) is 4.79 Å². The van der Waals surface area contributed by atoms with Crippen molar-refractivity contribution in [1.82, 2.24) is 15.5 Å². The molecular weight excluding hydrogens is 178 g/mol. The van der Waals surface area contributed by atoms with Crippen LogP contribution in [0.2, 0.25) is 0 Å². The molecule has 4 heteroatoms. The van der Waals surface area contributed by atoms with Gasteiger partial charge in [0.15, 0.2) is 0 Å². The highest BCUT2D eigenvalue weighted by Gasteiger charge is 2.29. The van der Waals surface area contributed by atoms with Gasteiger partial charge in [-0.25, -0.2) is 0 Å². The Morgan fingerprint density at radius 3 is 2.93 bits per heavy atom. The third-order valence-corrected chi connectivity index (χ3v) is 2.60. The fourth-order valence-electron chi connectivity index (χ4n) is 1.87. The van der Waals surface area contributed by atoms with Crippen molar-refractivity contribution >= 4 is 5.91 Å². The van der Waals surface area contributed by atoms with E-state index in [0.717, 1.165) is 19.6 Å². The third kappa shape index (κ3) is 2.69. The quantitative estimate of drug-likeness (QED) is 0.662. The minimum atomic E-state index is 0.00343. The van der Waals surface area contributed by atoms with E-state index in [2.05, 4.69) is 29.4 Å². The molecule has 0 radical (unpaired) electrons. The molecule has 0 aromatic rings. The maximum absolute atomic E-state index is 11.7. The monoisotopic (exact) mass is 199 g/mol. The average molecular weight is 199 g/mol. The Balaban J connectivity index is 2.57. The van der Waals surface area contributed by atoms with Crippen LogP contribution in [0.25, 0.3) is 0 Å². The van der Waals surface area contributed by atoms with E-state index in [9.17, 15) is 4.79 Å². The standard InChI is InChI=1S/C10H21N3O/c1-4-12-10(14)9-7-11-5-6-13(9)8(2)3/h8-9,11H,4-7H2,1-3H3,(H,12,14). The molecule has 1 fully saturated rings. The Labute approximate surface area is 86.0 Å². The molecule has 82 valence electrons. The summed E-state index contributed by atoms with van der Waals surface area (Å²) in [4.78, 5) is 14.0. The van der Waals surface area contributed by atoms with Crippen molar-refractivity contribution in [2.24, 2.45) is 0 Å². The van der Waals surface area contributed by atoms with E-state index in [1.807, 2.05) is 6.92 Å². The van der Waals surface area contributed by atoms with E-state index >= 15 is 0 Å². The molecule has 0 spiro atoms. The summed E-state index contributed by atoms with van der Waals surface area (Å²) in [6.45, 7) is 9.64. The molecule has 1 rings (SSSR count). The Bertz CT molecular complexity index is 194. The van der Waals surface area contributed by atoms with Gasteiger partial charge in [0, 0.05) is 32.2 Å². The molecule has 1 unspecified atom stereocenters. The van der Waals surface area contributed by atoms with E-state index in [1.54, 1.807) is 0 Å². The largest absolute Gasteiger partial charge is 0.355 e. The number of piperazine rings is 1. The van der Waals surface area contributed by atoms with Crippen molar-refractivity contribution in [3.63, 3.8) is 0 Å². The van der Waals surface area contributed by atoms with Gasteiger partial charge in [-0.05, 0) is 20.8 Å². The Kier molecular flexibility index (Phi) is 4.35. The van der Waals surface area contributed by atoms with Crippen LogP contribution in [0, 0.1) is 0 Å². The van der Waals surface area contributed by atoms with Crippen molar-refractivity contribution in [3.8, 4) is 0 Å². The van der Waals surface area contributed by atoms with Crippen molar-refractivity contribution in [2.75, 3.05) is 26.2 Å². The van der Waals surface area contributed by atoms with Crippen LogP contribution in [0.4, 0.5) is 0 Å². The van der Waals surface area contributed by atoms with Gasteiger partial charge < -0.3 is 10.6 Å². The van der Waals surface area contributed by atoms with Crippen LogP contribution in [0.1, 0.15) is 20.8 Å². The zero-order valence-corrected chi connectivity index (χ0v) is 9.34. The fourth-order valence-corrected chi connectivity index (χ4v) is 1.87. The first kappa shape index (κ1) is 11.5. The predicted molar refractivity (Wildman–Crippen MR) is 57.2 cm³/mol. The molecular formula is C10H21N3O. The number of carbonyl (C=O) groups is 1. The third-order valence-electron chi connectivity index (χ3n) is 2.60. The van der Waals surface area contributed by atoms with Crippen LogP contribution in [-0.4, -0.2) is 49.1 Å². The summed E-state index contributed by atoms with van der Waals surface area (Å²) < 4.78 is 0. The molecule has 0 saturated carbocycles. The number of hydrogen-bond donors (Lipinski definition) is 2. The van der Waals surface area contributed by atoms with E-state index in [4.69, 9.17) is 0 Å². The molecule has 0 aromatic carbocycles. The van der Waals surface area contributed by atoms with E-state index < -0.39 is 0 Å². The van der Waals surface area contributed by atoms with Crippen LogP contribution in [0.15, 0.2) is 0 Å². The highest BCUT2D eigenvalue weighted by molar-refractivity contribution is 5.82. The molecule has 14 heavy (non-hydrogen) atoms. The molecule has 1 atom stereocenters. The summed E-state index contributed by atoms with van der Waals surface area (Å²) >= 11 is 0. The minimum Gasteiger partial charge on any atom is -0.355 e. The van der Waals surface area contributed by atoms with Gasteiger partial charge in [0.05, 0.1) is 0 Å². The number of nitrogens with zero attached hydrogens (tertiary/aromatic N) is 1. The van der Waals surface area contributed by atoms with Gasteiger partial charge in [-0.3, -0.25) is 9.69 Å². The van der Waals surface area contributed by atoms with Gasteiger partial charge in [-0.15, -0.1) is 0 Å². The number of amides is 1. The Morgan fingerprint density at radius 2 is 2.36 bits per heavy atom. The average Bonchev–Trinajstić information content (AvgIpc) is 2.18. The van der Waals surface area contributed by atoms with Gasteiger partial charge in [-0.2, -0.15) is 0 Å². The van der Waals surface area contributed by atoms with Crippen LogP contribution in [0.3, 0.4) is 0 Å². The number of likely N-dealkylation sites (N-methyl/N-ethyl adjacent to an activating group) is 1. The molecule has 1 amide bonds. The Morgan fingerprint density at radius 1 is 1.64 bits per heavy atom. The summed E-state index contributed by atoms with van der Waals surface area (Å²) in [5.74, 6) is 0.147. The SMILES string of the molecule is CCNC(=O)C1CNCCN1C(C)C. The van der Waals surface area contributed by atoms with Crippen molar-refractivity contribution in [1.29, 1.82) is 0 Å². The summed E-state index contributed by atoms with van der Waals surface area (Å²) in [5, 5.41) is 6.14. The van der Waals surface area contributed by atoms with Crippen molar-refractivity contribution < 1.29 is 4.79 Å². The summed E-state index contributed by atoms with van der Waals surface area (Å²) in [6.07, 6.45) is 0. The number of hydrogen-bond acceptors (Lipinski definition) is 3. The van der Waals surface area contributed by atoms with Crippen LogP contribution < -0.4 is 10.6 Å². The maximum Gasteiger partial charge on any atom is 0.238 e. The zero-order chi connectivity index (χ0) is 10.6. The van der Waals surface area contributed by atoms with E-state index in [1.165, 1.54) is 0 Å². The maximum atomic E-state index is 11.7. The minimum absolute atomic E-state index is 0.00343. The lowest BCUT2D eigenvalue weighted by atomic mass is 10.1. The van der Waals surface area contributed by atoms with Gasteiger partial charge in [0.2, 0.25) is 5.91 Å². The summed E-state index contributed by atoms with van der Waals surface area (Å²) in [5.41, 5.74) is 0. The molecule has 2 N–H and O–H groups in total. The Hall–Kier alpha value is -0.610. The smallest absolute Gasteiger partial charge is 0.238 e. The molecule has 1 saturated heterocycles. The van der Waals surface area contributed by atoms with E-state index in [-0.39, 0.29) is 11.9 Å². The summed E-state index contributed by atoms with van der Waals surface area (Å²) in [7, 11) is 0.